The van der Waals surface area contributed by atoms with Crippen LogP contribution in [-0.4, -0.2) is 30.6 Å². The molecule has 206 valence electrons. The fourth-order valence-electron chi connectivity index (χ4n) is 9.38. The van der Waals surface area contributed by atoms with Crippen LogP contribution in [0, 0.1) is 40.4 Å². The van der Waals surface area contributed by atoms with Gasteiger partial charge in [0.25, 0.3) is 0 Å². The number of amides is 1. The van der Waals surface area contributed by atoms with Crippen molar-refractivity contribution >= 4 is 11.9 Å². The quantitative estimate of drug-likeness (QED) is 0.304. The van der Waals surface area contributed by atoms with E-state index in [0.29, 0.717) is 29.8 Å². The predicted octanol–water partition coefficient (Wildman–Crippen LogP) is 6.72. The van der Waals surface area contributed by atoms with E-state index >= 15 is 0 Å². The molecule has 0 radical (unpaired) electrons. The van der Waals surface area contributed by atoms with Crippen molar-refractivity contribution in [2.75, 3.05) is 6.54 Å². The number of esters is 1. The van der Waals surface area contributed by atoms with Crippen molar-refractivity contribution in [2.24, 2.45) is 40.4 Å². The minimum Gasteiger partial charge on any atom is -0.494 e. The zero-order chi connectivity index (χ0) is 26.5. The summed E-state index contributed by atoms with van der Waals surface area (Å²) in [5.74, 6) is 4.45. The van der Waals surface area contributed by atoms with Crippen molar-refractivity contribution in [1.29, 1.82) is 0 Å². The van der Waals surface area contributed by atoms with Gasteiger partial charge >= 0.3 is 5.97 Å². The Labute approximate surface area is 224 Å². The largest absolute Gasteiger partial charge is 0.494 e. The molecule has 3 saturated carbocycles. The molecule has 1 amide bonds. The summed E-state index contributed by atoms with van der Waals surface area (Å²) < 4.78 is 12.5. The smallest absolute Gasteiger partial charge is 0.305 e. The molecule has 9 atom stereocenters. The lowest BCUT2D eigenvalue weighted by molar-refractivity contribution is -0.151. The first-order valence-electron chi connectivity index (χ1n) is 15.1. The first-order valence-corrected chi connectivity index (χ1v) is 15.1. The Morgan fingerprint density at radius 1 is 1.22 bits per heavy atom. The maximum atomic E-state index is 11.9. The van der Waals surface area contributed by atoms with Gasteiger partial charge in [-0.1, -0.05) is 39.3 Å². The van der Waals surface area contributed by atoms with Gasteiger partial charge in [0.15, 0.2) is 0 Å². The van der Waals surface area contributed by atoms with Gasteiger partial charge in [-0.15, -0.1) is 0 Å². The average Bonchev–Trinajstić information content (AvgIpc) is 3.34. The molecule has 0 spiro atoms. The van der Waals surface area contributed by atoms with Crippen LogP contribution < -0.4 is 5.32 Å². The van der Waals surface area contributed by atoms with E-state index in [1.165, 1.54) is 37.0 Å². The SMILES string of the molecule is CCC(=O)O[C@H]1CC[C@@]2(C)C(=CC[C@H]3[C@@H]4C[C@H]5OC(CC[C@H](C)CNC(C)=O)=C(C)[C@@H]5[C@@]4(C)CC[C@@H]32)C1. The summed E-state index contributed by atoms with van der Waals surface area (Å²) >= 11 is 0. The Morgan fingerprint density at radius 2 is 2.00 bits per heavy atom. The van der Waals surface area contributed by atoms with Gasteiger partial charge in [-0.2, -0.15) is 0 Å². The van der Waals surface area contributed by atoms with Gasteiger partial charge in [-0.05, 0) is 91.9 Å². The van der Waals surface area contributed by atoms with E-state index in [4.69, 9.17) is 9.47 Å². The summed E-state index contributed by atoms with van der Waals surface area (Å²) in [7, 11) is 0. The zero-order valence-electron chi connectivity index (χ0n) is 24.0. The minimum atomic E-state index is -0.0567. The molecule has 5 aliphatic rings. The molecule has 37 heavy (non-hydrogen) atoms. The number of nitrogens with one attached hydrogen (secondary N) is 1. The second-order valence-corrected chi connectivity index (χ2v) is 13.6. The van der Waals surface area contributed by atoms with E-state index < -0.39 is 0 Å². The van der Waals surface area contributed by atoms with Crippen molar-refractivity contribution in [3.05, 3.63) is 23.0 Å². The summed E-state index contributed by atoms with van der Waals surface area (Å²) in [6, 6.07) is 0. The average molecular weight is 512 g/mol. The van der Waals surface area contributed by atoms with Crippen LogP contribution in [0.3, 0.4) is 0 Å². The number of hydrogen-bond donors (Lipinski definition) is 1. The molecule has 4 aliphatic carbocycles. The third-order valence-corrected chi connectivity index (χ3v) is 11.4. The van der Waals surface area contributed by atoms with Gasteiger partial charge < -0.3 is 14.8 Å². The van der Waals surface area contributed by atoms with Gasteiger partial charge in [0, 0.05) is 38.6 Å². The lowest BCUT2D eigenvalue weighted by Crippen LogP contribution is -2.50. The highest BCUT2D eigenvalue weighted by Crippen LogP contribution is 2.69. The number of fused-ring (bicyclic) bond motifs is 7. The van der Waals surface area contributed by atoms with E-state index in [1.807, 2.05) is 6.92 Å². The Kier molecular flexibility index (Phi) is 7.30. The number of hydrogen-bond acceptors (Lipinski definition) is 4. The second kappa shape index (κ2) is 10.1. The zero-order valence-corrected chi connectivity index (χ0v) is 24.0. The summed E-state index contributed by atoms with van der Waals surface area (Å²) in [4.78, 5) is 23.2. The van der Waals surface area contributed by atoms with Gasteiger partial charge in [-0.3, -0.25) is 9.59 Å². The molecule has 0 aromatic heterocycles. The predicted molar refractivity (Wildman–Crippen MR) is 145 cm³/mol. The molecule has 1 heterocycles. The summed E-state index contributed by atoms with van der Waals surface area (Å²) in [6.07, 6.45) is 13.5. The fraction of sp³-hybridized carbons (Fsp3) is 0.812. The van der Waals surface area contributed by atoms with Crippen molar-refractivity contribution in [1.82, 2.24) is 5.32 Å². The highest BCUT2D eigenvalue weighted by Gasteiger charge is 2.63. The van der Waals surface area contributed by atoms with Crippen LogP contribution in [0.1, 0.15) is 106 Å². The van der Waals surface area contributed by atoms with Crippen LogP contribution in [-0.2, 0) is 19.1 Å². The normalized spacial score (nSPS) is 41.0. The van der Waals surface area contributed by atoms with Gasteiger partial charge in [0.2, 0.25) is 5.91 Å². The van der Waals surface area contributed by atoms with E-state index in [2.05, 4.69) is 39.1 Å². The number of rotatable bonds is 7. The number of ether oxygens (including phenoxy) is 2. The highest BCUT2D eigenvalue weighted by molar-refractivity contribution is 5.72. The Hall–Kier alpha value is -1.78. The standard InChI is InChI=1S/C32H49NO4/c1-7-29(35)36-23-12-14-31(5)22(16-23)9-10-24-25(31)13-15-32(6)26(24)17-28-30(32)20(3)27(37-28)11-8-19(2)18-33-21(4)34/h9,19,23-26,28,30H,7-8,10-18H2,1-6H3,(H,33,34)/t19-,23-,24+,25-,26-,28+,30-,31-,32-/m0/s1. The van der Waals surface area contributed by atoms with Crippen LogP contribution in [0.15, 0.2) is 23.0 Å². The fourth-order valence-corrected chi connectivity index (χ4v) is 9.38. The molecule has 5 heteroatoms. The van der Waals surface area contributed by atoms with Crippen LogP contribution >= 0.6 is 0 Å². The maximum absolute atomic E-state index is 11.9. The van der Waals surface area contributed by atoms with Gasteiger partial charge in [0.05, 0.1) is 5.76 Å². The molecule has 0 aromatic rings. The summed E-state index contributed by atoms with van der Waals surface area (Å²) in [5.41, 5.74) is 3.67. The number of allylic oxidation sites excluding steroid dienone is 2. The van der Waals surface area contributed by atoms with Crippen LogP contribution in [0.2, 0.25) is 0 Å². The first-order chi connectivity index (χ1) is 17.6. The molecule has 3 fully saturated rings. The molecule has 1 aliphatic heterocycles. The monoisotopic (exact) mass is 511 g/mol. The van der Waals surface area contributed by atoms with E-state index in [1.54, 1.807) is 12.5 Å². The van der Waals surface area contributed by atoms with Crippen molar-refractivity contribution in [3.63, 3.8) is 0 Å². The summed E-state index contributed by atoms with van der Waals surface area (Å²) in [5, 5.41) is 2.96. The molecule has 0 bridgehead atoms. The molecule has 5 rings (SSSR count). The Bertz CT molecular complexity index is 983. The first kappa shape index (κ1) is 26.8. The lowest BCUT2D eigenvalue weighted by atomic mass is 9.47. The summed E-state index contributed by atoms with van der Waals surface area (Å²) in [6.45, 7) is 13.9. The van der Waals surface area contributed by atoms with E-state index in [0.717, 1.165) is 56.4 Å². The minimum absolute atomic E-state index is 0.0509. The van der Waals surface area contributed by atoms with E-state index in [9.17, 15) is 9.59 Å². The highest BCUT2D eigenvalue weighted by atomic mass is 16.5. The molecule has 0 saturated heterocycles. The molecule has 5 nitrogen and oxygen atoms in total. The van der Waals surface area contributed by atoms with Crippen LogP contribution in [0.4, 0.5) is 0 Å². The van der Waals surface area contributed by atoms with Gasteiger partial charge in [-0.25, -0.2) is 0 Å². The second-order valence-electron chi connectivity index (χ2n) is 13.6. The van der Waals surface area contributed by atoms with Crippen molar-refractivity contribution in [3.8, 4) is 0 Å². The molecular weight excluding hydrogens is 462 g/mol. The van der Waals surface area contributed by atoms with Crippen LogP contribution in [0.25, 0.3) is 0 Å². The maximum Gasteiger partial charge on any atom is 0.305 e. The molecule has 0 aromatic carbocycles. The number of carbonyl (C=O) groups excluding carboxylic acids is 2. The Balaban J connectivity index is 1.28. The van der Waals surface area contributed by atoms with Crippen LogP contribution in [0.5, 0.6) is 0 Å². The van der Waals surface area contributed by atoms with Crippen molar-refractivity contribution in [2.45, 2.75) is 118 Å². The lowest BCUT2D eigenvalue weighted by Gasteiger charge is -2.58. The molecule has 0 unspecified atom stereocenters. The number of carbonyl (C=O) groups is 2. The molecule has 1 N–H and O–H groups in total. The Morgan fingerprint density at radius 3 is 2.73 bits per heavy atom. The topological polar surface area (TPSA) is 64.6 Å². The third-order valence-electron chi connectivity index (χ3n) is 11.4. The van der Waals surface area contributed by atoms with Crippen molar-refractivity contribution < 1.29 is 19.1 Å². The van der Waals surface area contributed by atoms with E-state index in [-0.39, 0.29) is 23.4 Å². The molecular formula is C32H49NO4. The third kappa shape index (κ3) is 4.67. The van der Waals surface area contributed by atoms with Gasteiger partial charge in [0.1, 0.15) is 12.2 Å².